The van der Waals surface area contributed by atoms with Crippen molar-refractivity contribution in [1.29, 1.82) is 0 Å². The summed E-state index contributed by atoms with van der Waals surface area (Å²) in [5, 5.41) is 0. The van der Waals surface area contributed by atoms with Crippen LogP contribution >= 0.6 is 0 Å². The molecule has 0 amide bonds. The summed E-state index contributed by atoms with van der Waals surface area (Å²) >= 11 is 0. The molecular weight excluding hydrogens is 394 g/mol. The molecule has 1 aliphatic rings. The number of halogens is 2. The van der Waals surface area contributed by atoms with Gasteiger partial charge in [-0.15, -0.1) is 0 Å². The number of benzene rings is 2. The first kappa shape index (κ1) is 21.2. The largest absolute Gasteiger partial charge is 0.364 e. The fourth-order valence-electron chi connectivity index (χ4n) is 4.02. The van der Waals surface area contributed by atoms with Crippen molar-refractivity contribution in [3.8, 4) is 11.1 Å². The van der Waals surface area contributed by atoms with Crippen LogP contribution in [0.15, 0.2) is 72.9 Å². The van der Waals surface area contributed by atoms with Crippen LogP contribution in [0.2, 0.25) is 0 Å². The van der Waals surface area contributed by atoms with Crippen molar-refractivity contribution in [2.24, 2.45) is 0 Å². The fraction of sp³-hybridized carbons (Fsp3) is 0.308. The molecule has 1 saturated heterocycles. The Kier molecular flexibility index (Phi) is 6.12. The van der Waals surface area contributed by atoms with Crippen LogP contribution in [0.25, 0.3) is 11.1 Å². The maximum atomic E-state index is 13.4. The van der Waals surface area contributed by atoms with Gasteiger partial charge in [0.1, 0.15) is 5.78 Å². The molecule has 160 valence electrons. The second-order valence-electron chi connectivity index (χ2n) is 8.35. The number of Topliss-reactive ketones (excluding diaryl/α,β-unsaturated/α-hetero) is 1. The number of alkyl halides is 2. The summed E-state index contributed by atoms with van der Waals surface area (Å²) in [7, 11) is 0. The SMILES string of the molecule is C[C@@H](CC(=O)Cc1ccc(-c2ccccc2)cc1)c1ccc(N2CCC(F)(F)C2)cn1. The second-order valence-corrected chi connectivity index (χ2v) is 8.35. The lowest BCUT2D eigenvalue weighted by Crippen LogP contribution is -2.24. The first-order chi connectivity index (χ1) is 14.9. The van der Waals surface area contributed by atoms with E-state index in [1.165, 1.54) is 0 Å². The van der Waals surface area contributed by atoms with Gasteiger partial charge in [0, 0.05) is 37.4 Å². The molecule has 0 spiro atoms. The smallest absolute Gasteiger partial charge is 0.266 e. The Morgan fingerprint density at radius 1 is 1.03 bits per heavy atom. The van der Waals surface area contributed by atoms with Crippen LogP contribution in [0.3, 0.4) is 0 Å². The van der Waals surface area contributed by atoms with Crippen molar-refractivity contribution in [2.75, 3.05) is 18.0 Å². The molecule has 0 saturated carbocycles. The Morgan fingerprint density at radius 2 is 1.74 bits per heavy atom. The summed E-state index contributed by atoms with van der Waals surface area (Å²) in [6.07, 6.45) is 2.31. The summed E-state index contributed by atoms with van der Waals surface area (Å²) in [6.45, 7) is 2.05. The van der Waals surface area contributed by atoms with Crippen LogP contribution in [-0.2, 0) is 11.2 Å². The normalized spacial score (nSPS) is 16.3. The van der Waals surface area contributed by atoms with E-state index in [4.69, 9.17) is 0 Å². The summed E-state index contributed by atoms with van der Waals surface area (Å²) in [6, 6.07) is 21.9. The van der Waals surface area contributed by atoms with Gasteiger partial charge < -0.3 is 4.90 Å². The van der Waals surface area contributed by atoms with E-state index in [1.807, 2.05) is 61.5 Å². The minimum absolute atomic E-state index is 0.0230. The molecule has 3 aromatic rings. The van der Waals surface area contributed by atoms with Crippen molar-refractivity contribution in [3.05, 3.63) is 84.2 Å². The molecule has 2 aromatic carbocycles. The highest BCUT2D eigenvalue weighted by molar-refractivity contribution is 5.81. The molecule has 2 heterocycles. The van der Waals surface area contributed by atoms with Gasteiger partial charge in [-0.3, -0.25) is 9.78 Å². The Hall–Kier alpha value is -3.08. The van der Waals surface area contributed by atoms with Gasteiger partial charge in [-0.2, -0.15) is 0 Å². The maximum absolute atomic E-state index is 13.4. The molecule has 4 rings (SSSR count). The summed E-state index contributed by atoms with van der Waals surface area (Å²) < 4.78 is 26.8. The first-order valence-corrected chi connectivity index (χ1v) is 10.6. The van der Waals surface area contributed by atoms with Crippen LogP contribution in [0.1, 0.15) is 36.9 Å². The third kappa shape index (κ3) is 5.35. The maximum Gasteiger partial charge on any atom is 0.266 e. The van der Waals surface area contributed by atoms with Crippen molar-refractivity contribution in [2.45, 2.75) is 38.0 Å². The molecular formula is C26H26F2N2O. The molecule has 1 aliphatic heterocycles. The molecule has 0 aliphatic carbocycles. The molecule has 1 atom stereocenters. The van der Waals surface area contributed by atoms with Crippen molar-refractivity contribution in [1.82, 2.24) is 4.98 Å². The zero-order chi connectivity index (χ0) is 21.8. The average molecular weight is 421 g/mol. The third-order valence-electron chi connectivity index (χ3n) is 5.81. The fourth-order valence-corrected chi connectivity index (χ4v) is 4.02. The lowest BCUT2D eigenvalue weighted by Gasteiger charge is -2.18. The van der Waals surface area contributed by atoms with Crippen LogP contribution in [-0.4, -0.2) is 29.8 Å². The molecule has 0 unspecified atom stereocenters. The van der Waals surface area contributed by atoms with Gasteiger partial charge in [-0.05, 0) is 28.8 Å². The molecule has 0 radical (unpaired) electrons. The van der Waals surface area contributed by atoms with Crippen molar-refractivity contribution < 1.29 is 13.6 Å². The van der Waals surface area contributed by atoms with Gasteiger partial charge in [0.2, 0.25) is 0 Å². The molecule has 1 fully saturated rings. The van der Waals surface area contributed by atoms with Crippen LogP contribution in [0.4, 0.5) is 14.5 Å². The van der Waals surface area contributed by atoms with Gasteiger partial charge in [0.15, 0.2) is 0 Å². The number of rotatable bonds is 7. The molecule has 0 N–H and O–H groups in total. The highest BCUT2D eigenvalue weighted by Gasteiger charge is 2.38. The minimum atomic E-state index is -2.63. The molecule has 5 heteroatoms. The number of ketones is 1. The van der Waals surface area contributed by atoms with Gasteiger partial charge >= 0.3 is 0 Å². The van der Waals surface area contributed by atoms with Gasteiger partial charge in [0.25, 0.3) is 5.92 Å². The lowest BCUT2D eigenvalue weighted by molar-refractivity contribution is -0.118. The monoisotopic (exact) mass is 420 g/mol. The molecule has 31 heavy (non-hydrogen) atoms. The van der Waals surface area contributed by atoms with E-state index in [2.05, 4.69) is 17.1 Å². The van der Waals surface area contributed by atoms with Crippen LogP contribution < -0.4 is 4.90 Å². The standard InChI is InChI=1S/C26H26F2N2O/c1-19(25-12-11-23(17-29-25)30-14-13-26(27,28)18-30)15-24(31)16-20-7-9-22(10-8-20)21-5-3-2-4-6-21/h2-12,17,19H,13-16,18H2,1H3/t19-/m0/s1. The van der Waals surface area contributed by atoms with E-state index in [0.717, 1.165) is 22.4 Å². The van der Waals surface area contributed by atoms with Crippen LogP contribution in [0, 0.1) is 0 Å². The second kappa shape index (κ2) is 8.96. The average Bonchev–Trinajstić information content (AvgIpc) is 3.14. The van der Waals surface area contributed by atoms with Crippen molar-refractivity contribution in [3.63, 3.8) is 0 Å². The van der Waals surface area contributed by atoms with E-state index in [0.29, 0.717) is 25.1 Å². The number of anilines is 1. The van der Waals surface area contributed by atoms with E-state index in [-0.39, 0.29) is 24.7 Å². The highest BCUT2D eigenvalue weighted by atomic mass is 19.3. The van der Waals surface area contributed by atoms with E-state index in [1.54, 1.807) is 11.1 Å². The molecule has 3 nitrogen and oxygen atoms in total. The lowest BCUT2D eigenvalue weighted by atomic mass is 9.96. The number of carbonyl (C=O) groups is 1. The Labute approximate surface area is 181 Å². The van der Waals surface area contributed by atoms with Gasteiger partial charge in [-0.1, -0.05) is 61.5 Å². The van der Waals surface area contributed by atoms with E-state index in [9.17, 15) is 13.6 Å². The number of carbonyl (C=O) groups excluding carboxylic acids is 1. The summed E-state index contributed by atoms with van der Waals surface area (Å²) in [4.78, 5) is 18.7. The van der Waals surface area contributed by atoms with Crippen LogP contribution in [0.5, 0.6) is 0 Å². The number of hydrogen-bond donors (Lipinski definition) is 0. The van der Waals surface area contributed by atoms with Gasteiger partial charge in [0.05, 0.1) is 18.4 Å². The quantitative estimate of drug-likeness (QED) is 0.477. The summed E-state index contributed by atoms with van der Waals surface area (Å²) in [5.41, 5.74) is 4.79. The minimum Gasteiger partial charge on any atom is -0.364 e. The topological polar surface area (TPSA) is 33.2 Å². The highest BCUT2D eigenvalue weighted by Crippen LogP contribution is 2.31. The first-order valence-electron chi connectivity index (χ1n) is 10.6. The third-order valence-corrected chi connectivity index (χ3v) is 5.81. The Balaban J connectivity index is 1.32. The Bertz CT molecular complexity index is 1020. The zero-order valence-corrected chi connectivity index (χ0v) is 17.6. The van der Waals surface area contributed by atoms with Gasteiger partial charge in [-0.25, -0.2) is 8.78 Å². The molecule has 0 bridgehead atoms. The van der Waals surface area contributed by atoms with E-state index < -0.39 is 5.92 Å². The number of pyridine rings is 1. The molecule has 1 aromatic heterocycles. The zero-order valence-electron chi connectivity index (χ0n) is 17.6. The Morgan fingerprint density at radius 3 is 2.35 bits per heavy atom. The predicted molar refractivity (Wildman–Crippen MR) is 120 cm³/mol. The predicted octanol–water partition coefficient (Wildman–Crippen LogP) is 5.90. The number of nitrogens with zero attached hydrogens (tertiary/aromatic N) is 2. The number of hydrogen-bond acceptors (Lipinski definition) is 3. The van der Waals surface area contributed by atoms with Crippen molar-refractivity contribution >= 4 is 11.5 Å². The summed E-state index contributed by atoms with van der Waals surface area (Å²) in [5.74, 6) is -2.49. The number of aromatic nitrogens is 1. The van der Waals surface area contributed by atoms with E-state index >= 15 is 0 Å².